The van der Waals surface area contributed by atoms with Crippen molar-refractivity contribution in [1.82, 2.24) is 30.3 Å². The summed E-state index contributed by atoms with van der Waals surface area (Å²) in [6.45, 7) is 9.75. The van der Waals surface area contributed by atoms with Crippen molar-refractivity contribution in [2.45, 2.75) is 64.4 Å². The van der Waals surface area contributed by atoms with E-state index >= 15 is 0 Å². The Labute approximate surface area is 318 Å². The highest BCUT2D eigenvalue weighted by Crippen LogP contribution is 2.34. The molecular formula is C40H46FN9O5. The quantitative estimate of drug-likeness (QED) is 0.212. The number of para-hydroxylation sites is 1. The predicted molar refractivity (Wildman–Crippen MR) is 203 cm³/mol. The summed E-state index contributed by atoms with van der Waals surface area (Å²) in [4.78, 5) is 50.6. The van der Waals surface area contributed by atoms with E-state index in [-0.39, 0.29) is 41.6 Å². The number of ether oxygens (including phenoxy) is 1. The standard InChI is InChI=1S/C40H46FN9O5/c1-22-23(2)39(55-28-14-27-18-44-37(43)34(49(27)21-28)16-32(42)29-4-3-5-31(41)36(29)52)45-17-25(22)19-47-10-12-48(13-11-47)26-7-6-24-20-50(40(54)30(24)15-26)33-8-9-35(51)46-38(33)53/h3-7,15-17,27-28,33,44,52H,8-14,18-21,42-43H2,1-2H3,(H,46,51,53)/b32-16-. The molecule has 55 heavy (non-hydrogen) atoms. The highest BCUT2D eigenvalue weighted by atomic mass is 19.1. The summed E-state index contributed by atoms with van der Waals surface area (Å²) in [5, 5.41) is 15.8. The van der Waals surface area contributed by atoms with Gasteiger partial charge in [0.15, 0.2) is 11.6 Å². The van der Waals surface area contributed by atoms with Crippen molar-refractivity contribution in [3.8, 4) is 11.6 Å². The number of nitrogens with one attached hydrogen (secondary N) is 2. The van der Waals surface area contributed by atoms with E-state index in [9.17, 15) is 23.9 Å². The number of piperazine rings is 1. The number of hydrogen-bond donors (Lipinski definition) is 5. The molecule has 14 nitrogen and oxygen atoms in total. The van der Waals surface area contributed by atoms with E-state index in [0.717, 1.165) is 67.1 Å². The van der Waals surface area contributed by atoms with Crippen molar-refractivity contribution in [3.63, 3.8) is 0 Å². The molecule has 3 atom stereocenters. The number of benzene rings is 2. The highest BCUT2D eigenvalue weighted by Gasteiger charge is 2.40. The third-order valence-corrected chi connectivity index (χ3v) is 11.7. The van der Waals surface area contributed by atoms with Gasteiger partial charge in [-0.05, 0) is 67.3 Å². The molecule has 5 aliphatic heterocycles. The Morgan fingerprint density at radius 2 is 1.89 bits per heavy atom. The monoisotopic (exact) mass is 751 g/mol. The molecule has 1 aromatic heterocycles. The van der Waals surface area contributed by atoms with Crippen molar-refractivity contribution in [2.75, 3.05) is 44.2 Å². The van der Waals surface area contributed by atoms with Crippen LogP contribution in [0.15, 0.2) is 60.2 Å². The lowest BCUT2D eigenvalue weighted by Gasteiger charge is -2.36. The van der Waals surface area contributed by atoms with Crippen LogP contribution in [0.2, 0.25) is 0 Å². The first-order valence-corrected chi connectivity index (χ1v) is 18.8. The number of hydrogen-bond acceptors (Lipinski definition) is 12. The number of rotatable bonds is 8. The Hall–Kier alpha value is -5.83. The summed E-state index contributed by atoms with van der Waals surface area (Å²) in [5.74, 6) is -1.05. The summed E-state index contributed by atoms with van der Waals surface area (Å²) in [7, 11) is 0. The van der Waals surface area contributed by atoms with Crippen LogP contribution < -0.4 is 31.7 Å². The van der Waals surface area contributed by atoms with Gasteiger partial charge >= 0.3 is 0 Å². The SMILES string of the molecule is Cc1c(CN2CCN(c3ccc4c(c3)C(=O)N(C3CCC(=O)NC3=O)C4)CC2)cnc(OC2CC3CNC(N)=C(/C=C(\N)c4cccc(F)c4O)N3C2)c1C. The van der Waals surface area contributed by atoms with E-state index in [0.29, 0.717) is 49.0 Å². The zero-order valence-electron chi connectivity index (χ0n) is 31.0. The Balaban J connectivity index is 0.871. The van der Waals surface area contributed by atoms with E-state index in [4.69, 9.17) is 21.2 Å². The zero-order valence-corrected chi connectivity index (χ0v) is 31.0. The van der Waals surface area contributed by atoms with E-state index in [1.54, 1.807) is 17.0 Å². The van der Waals surface area contributed by atoms with E-state index in [1.807, 2.05) is 25.3 Å². The summed E-state index contributed by atoms with van der Waals surface area (Å²) in [6.07, 6.45) is 4.75. The molecule has 0 radical (unpaired) electrons. The lowest BCUT2D eigenvalue weighted by molar-refractivity contribution is -0.136. The number of fused-ring (bicyclic) bond motifs is 2. The van der Waals surface area contributed by atoms with Crippen LogP contribution in [0.3, 0.4) is 0 Å². The minimum atomic E-state index is -0.744. The molecule has 3 aromatic rings. The molecule has 2 aromatic carbocycles. The van der Waals surface area contributed by atoms with Crippen LogP contribution in [0.4, 0.5) is 10.1 Å². The van der Waals surface area contributed by atoms with Crippen LogP contribution in [-0.2, 0) is 22.7 Å². The number of aromatic hydroxyl groups is 1. The van der Waals surface area contributed by atoms with Crippen LogP contribution in [0.5, 0.6) is 11.6 Å². The molecule has 3 amide bonds. The van der Waals surface area contributed by atoms with Gasteiger partial charge in [0.25, 0.3) is 5.91 Å². The van der Waals surface area contributed by atoms with Crippen molar-refractivity contribution >= 4 is 29.1 Å². The van der Waals surface area contributed by atoms with Crippen molar-refractivity contribution in [3.05, 3.63) is 99.4 Å². The Kier molecular flexibility index (Phi) is 9.49. The number of allylic oxidation sites excluding steroid dienone is 1. The topological polar surface area (TPSA) is 183 Å². The van der Waals surface area contributed by atoms with Crippen molar-refractivity contribution < 1.29 is 28.6 Å². The van der Waals surface area contributed by atoms with Gasteiger partial charge < -0.3 is 41.3 Å². The maximum absolute atomic E-state index is 14.0. The van der Waals surface area contributed by atoms with Gasteiger partial charge in [0.1, 0.15) is 18.0 Å². The molecule has 0 saturated carbocycles. The molecule has 0 bridgehead atoms. The normalized spacial score (nSPS) is 23.2. The maximum atomic E-state index is 14.0. The maximum Gasteiger partial charge on any atom is 0.255 e. The fraction of sp³-hybridized carbons (Fsp3) is 0.400. The summed E-state index contributed by atoms with van der Waals surface area (Å²) < 4.78 is 20.5. The van der Waals surface area contributed by atoms with Gasteiger partial charge in [-0.1, -0.05) is 12.1 Å². The van der Waals surface area contributed by atoms with Crippen LogP contribution in [0, 0.1) is 19.7 Å². The van der Waals surface area contributed by atoms with Gasteiger partial charge in [-0.15, -0.1) is 0 Å². The number of phenolic OH excluding ortho intramolecular Hbond substituents is 1. The molecular weight excluding hydrogens is 705 g/mol. The van der Waals surface area contributed by atoms with Gasteiger partial charge in [-0.25, -0.2) is 9.37 Å². The smallest absolute Gasteiger partial charge is 0.255 e. The van der Waals surface area contributed by atoms with Gasteiger partial charge in [0, 0.05) is 92.9 Å². The number of nitrogens with two attached hydrogens (primary N) is 2. The van der Waals surface area contributed by atoms with Crippen LogP contribution in [0.1, 0.15) is 57.4 Å². The number of aromatic nitrogens is 1. The van der Waals surface area contributed by atoms with Crippen LogP contribution >= 0.6 is 0 Å². The van der Waals surface area contributed by atoms with Gasteiger partial charge in [0.05, 0.1) is 18.3 Å². The Morgan fingerprint density at radius 3 is 2.67 bits per heavy atom. The molecule has 8 rings (SSSR count). The number of imide groups is 1. The molecule has 0 spiro atoms. The lowest BCUT2D eigenvalue weighted by atomic mass is 10.0. The van der Waals surface area contributed by atoms with E-state index in [1.165, 1.54) is 12.1 Å². The molecule has 288 valence electrons. The number of pyridine rings is 1. The van der Waals surface area contributed by atoms with Crippen molar-refractivity contribution in [2.24, 2.45) is 11.5 Å². The number of piperidine rings is 1. The molecule has 0 aliphatic carbocycles. The molecule has 3 saturated heterocycles. The number of carbonyl (C=O) groups is 3. The second-order valence-corrected chi connectivity index (χ2v) is 15.0. The highest BCUT2D eigenvalue weighted by molar-refractivity contribution is 6.05. The van der Waals surface area contributed by atoms with Crippen molar-refractivity contribution in [1.29, 1.82) is 0 Å². The first-order chi connectivity index (χ1) is 26.4. The third-order valence-electron chi connectivity index (χ3n) is 11.7. The average molecular weight is 752 g/mol. The first-order valence-electron chi connectivity index (χ1n) is 18.8. The minimum absolute atomic E-state index is 0.0987. The summed E-state index contributed by atoms with van der Waals surface area (Å²) in [6, 6.07) is 9.69. The predicted octanol–water partition coefficient (Wildman–Crippen LogP) is 2.18. The Morgan fingerprint density at radius 1 is 1.09 bits per heavy atom. The molecule has 3 fully saturated rings. The number of halogens is 1. The second kappa shape index (κ2) is 14.4. The first kappa shape index (κ1) is 36.2. The van der Waals surface area contributed by atoms with Crippen LogP contribution in [-0.4, -0.2) is 100.0 Å². The largest absolute Gasteiger partial charge is 0.504 e. The second-order valence-electron chi connectivity index (χ2n) is 15.0. The summed E-state index contributed by atoms with van der Waals surface area (Å²) >= 11 is 0. The lowest BCUT2D eigenvalue weighted by Crippen LogP contribution is -2.52. The number of nitrogens with zero attached hydrogens (tertiary/aromatic N) is 5. The number of amides is 3. The number of phenols is 1. The van der Waals surface area contributed by atoms with Gasteiger partial charge in [-0.3, -0.25) is 24.6 Å². The van der Waals surface area contributed by atoms with E-state index < -0.39 is 23.5 Å². The minimum Gasteiger partial charge on any atom is -0.504 e. The van der Waals surface area contributed by atoms with E-state index in [2.05, 4.69) is 38.3 Å². The fourth-order valence-electron chi connectivity index (χ4n) is 8.37. The van der Waals surface area contributed by atoms with Crippen LogP contribution in [0.25, 0.3) is 5.70 Å². The Bertz CT molecular complexity index is 2130. The third kappa shape index (κ3) is 6.88. The molecule has 3 unspecified atom stereocenters. The fourth-order valence-corrected chi connectivity index (χ4v) is 8.37. The number of anilines is 1. The number of carbonyl (C=O) groups excluding carboxylic acids is 3. The molecule has 6 heterocycles. The summed E-state index contributed by atoms with van der Waals surface area (Å²) in [5.41, 5.74) is 19.5. The average Bonchev–Trinajstić information content (AvgIpc) is 3.74. The molecule has 7 N–H and O–H groups in total. The molecule has 5 aliphatic rings. The molecule has 15 heteroatoms. The zero-order chi connectivity index (χ0) is 38.5. The van der Waals surface area contributed by atoms with Gasteiger partial charge in [0.2, 0.25) is 17.7 Å². The van der Waals surface area contributed by atoms with Gasteiger partial charge in [-0.2, -0.15) is 0 Å².